The molecule has 0 bridgehead atoms. The number of benzene rings is 1. The van der Waals surface area contributed by atoms with Crippen LogP contribution in [0.3, 0.4) is 0 Å². The van der Waals surface area contributed by atoms with Gasteiger partial charge in [0.1, 0.15) is 0 Å². The summed E-state index contributed by atoms with van der Waals surface area (Å²) in [6, 6.07) is 8.64. The predicted octanol–water partition coefficient (Wildman–Crippen LogP) is 0.653. The number of aliphatic hydroxyl groups excluding tert-OH is 1. The number of aliphatic hydroxyl groups is 1. The van der Waals surface area contributed by atoms with E-state index in [2.05, 4.69) is 0 Å². The van der Waals surface area contributed by atoms with Crippen LogP contribution in [0.5, 0.6) is 0 Å². The Morgan fingerprint density at radius 3 is 2.50 bits per heavy atom. The molecule has 1 aromatic carbocycles. The lowest BCUT2D eigenvalue weighted by Gasteiger charge is -2.19. The highest BCUT2D eigenvalue weighted by atomic mass is 16.4. The van der Waals surface area contributed by atoms with Crippen molar-refractivity contribution in [3.8, 4) is 0 Å². The van der Waals surface area contributed by atoms with Gasteiger partial charge in [0.15, 0.2) is 6.10 Å². The third-order valence-electron chi connectivity index (χ3n) is 3.20. The number of hydrogen-bond acceptors (Lipinski definition) is 3. The quantitative estimate of drug-likeness (QED) is 0.824. The van der Waals surface area contributed by atoms with Crippen molar-refractivity contribution in [3.63, 3.8) is 0 Å². The smallest absolute Gasteiger partial charge is 0.308 e. The van der Waals surface area contributed by atoms with Crippen LogP contribution >= 0.6 is 0 Å². The summed E-state index contributed by atoms with van der Waals surface area (Å²) in [7, 11) is 0. The highest BCUT2D eigenvalue weighted by molar-refractivity contribution is 5.83. The average molecular weight is 249 g/mol. The Kier molecular flexibility index (Phi) is 3.62. The minimum absolute atomic E-state index is 0.179. The van der Waals surface area contributed by atoms with Crippen LogP contribution in [0.4, 0.5) is 0 Å². The van der Waals surface area contributed by atoms with Crippen LogP contribution in [0.15, 0.2) is 30.3 Å². The molecule has 5 nitrogen and oxygen atoms in total. The Bertz CT molecular complexity index is 446. The molecule has 1 aliphatic rings. The maximum absolute atomic E-state index is 12.0. The van der Waals surface area contributed by atoms with Crippen molar-refractivity contribution in [2.24, 2.45) is 5.92 Å². The van der Waals surface area contributed by atoms with Gasteiger partial charge in [0.2, 0.25) is 0 Å². The van der Waals surface area contributed by atoms with Crippen LogP contribution in [0.1, 0.15) is 18.1 Å². The van der Waals surface area contributed by atoms with E-state index in [0.29, 0.717) is 18.5 Å². The van der Waals surface area contributed by atoms with Crippen molar-refractivity contribution >= 4 is 11.9 Å². The zero-order chi connectivity index (χ0) is 13.1. The molecule has 1 amide bonds. The van der Waals surface area contributed by atoms with Crippen LogP contribution < -0.4 is 0 Å². The molecule has 5 heteroatoms. The Morgan fingerprint density at radius 1 is 1.28 bits per heavy atom. The summed E-state index contributed by atoms with van der Waals surface area (Å²) < 4.78 is 0. The van der Waals surface area contributed by atoms with Gasteiger partial charge in [-0.15, -0.1) is 0 Å². The normalized spacial score (nSPS) is 20.7. The van der Waals surface area contributed by atoms with E-state index >= 15 is 0 Å². The van der Waals surface area contributed by atoms with Gasteiger partial charge < -0.3 is 15.1 Å². The Morgan fingerprint density at radius 2 is 1.94 bits per heavy atom. The van der Waals surface area contributed by atoms with Crippen LogP contribution in [-0.4, -0.2) is 40.1 Å². The fraction of sp³-hybridized carbons (Fsp3) is 0.385. The van der Waals surface area contributed by atoms with E-state index in [1.807, 2.05) is 0 Å². The monoisotopic (exact) mass is 249 g/mol. The molecule has 18 heavy (non-hydrogen) atoms. The lowest BCUT2D eigenvalue weighted by atomic mass is 10.1. The highest BCUT2D eigenvalue weighted by Crippen LogP contribution is 2.22. The first-order valence-corrected chi connectivity index (χ1v) is 5.84. The highest BCUT2D eigenvalue weighted by Gasteiger charge is 2.33. The third kappa shape index (κ3) is 2.51. The van der Waals surface area contributed by atoms with Crippen molar-refractivity contribution in [1.82, 2.24) is 4.90 Å². The molecular weight excluding hydrogens is 234 g/mol. The van der Waals surface area contributed by atoms with Gasteiger partial charge >= 0.3 is 5.97 Å². The number of amides is 1. The molecule has 0 aliphatic carbocycles. The molecule has 1 saturated heterocycles. The first-order chi connectivity index (χ1) is 8.59. The molecule has 1 aliphatic heterocycles. The molecule has 2 atom stereocenters. The van der Waals surface area contributed by atoms with Crippen molar-refractivity contribution in [2.75, 3.05) is 13.1 Å². The standard InChI is InChI=1S/C13H15NO4/c15-11(9-4-2-1-3-5-9)12(16)14-7-6-10(8-14)13(17)18/h1-5,10-11,15H,6-8H2,(H,17,18). The molecule has 96 valence electrons. The summed E-state index contributed by atoms with van der Waals surface area (Å²) in [6.45, 7) is 0.567. The maximum atomic E-state index is 12.0. The number of carboxylic acid groups (broad SMARTS) is 1. The van der Waals surface area contributed by atoms with E-state index in [1.54, 1.807) is 30.3 Å². The summed E-state index contributed by atoms with van der Waals surface area (Å²) in [5, 5.41) is 18.8. The van der Waals surface area contributed by atoms with Gasteiger partial charge in [-0.1, -0.05) is 30.3 Å². The summed E-state index contributed by atoms with van der Waals surface area (Å²) >= 11 is 0. The molecule has 1 fully saturated rings. The lowest BCUT2D eigenvalue weighted by Crippen LogP contribution is -2.34. The zero-order valence-corrected chi connectivity index (χ0v) is 9.82. The number of carbonyl (C=O) groups is 2. The van der Waals surface area contributed by atoms with E-state index in [-0.39, 0.29) is 6.54 Å². The molecule has 0 spiro atoms. The number of aliphatic carboxylic acids is 1. The van der Waals surface area contributed by atoms with Crippen LogP contribution in [0.25, 0.3) is 0 Å². The second-order valence-electron chi connectivity index (χ2n) is 4.42. The summed E-state index contributed by atoms with van der Waals surface area (Å²) in [4.78, 5) is 24.2. The SMILES string of the molecule is O=C(O)C1CCN(C(=O)C(O)c2ccccc2)C1. The second-order valence-corrected chi connectivity index (χ2v) is 4.42. The Balaban J connectivity index is 2.02. The molecule has 0 radical (unpaired) electrons. The van der Waals surface area contributed by atoms with E-state index in [4.69, 9.17) is 5.11 Å². The summed E-state index contributed by atoms with van der Waals surface area (Å²) in [5.74, 6) is -1.83. The van der Waals surface area contributed by atoms with E-state index in [1.165, 1.54) is 4.90 Å². The van der Waals surface area contributed by atoms with Crippen molar-refractivity contribution in [3.05, 3.63) is 35.9 Å². The van der Waals surface area contributed by atoms with Gasteiger partial charge in [-0.05, 0) is 12.0 Å². The number of carbonyl (C=O) groups excluding carboxylic acids is 1. The third-order valence-corrected chi connectivity index (χ3v) is 3.20. The van der Waals surface area contributed by atoms with E-state index < -0.39 is 23.9 Å². The molecule has 1 heterocycles. The lowest BCUT2D eigenvalue weighted by molar-refractivity contribution is -0.142. The van der Waals surface area contributed by atoms with Gasteiger partial charge in [0.25, 0.3) is 5.91 Å². The van der Waals surface area contributed by atoms with E-state index in [9.17, 15) is 14.7 Å². The van der Waals surface area contributed by atoms with Crippen LogP contribution in [-0.2, 0) is 9.59 Å². The van der Waals surface area contributed by atoms with Crippen molar-refractivity contribution in [1.29, 1.82) is 0 Å². The molecule has 2 N–H and O–H groups in total. The molecule has 0 saturated carbocycles. The first-order valence-electron chi connectivity index (χ1n) is 5.84. The second kappa shape index (κ2) is 5.18. The first kappa shape index (κ1) is 12.6. The molecule has 1 aromatic rings. The van der Waals surface area contributed by atoms with Crippen LogP contribution in [0, 0.1) is 5.92 Å². The molecule has 0 aromatic heterocycles. The predicted molar refractivity (Wildman–Crippen MR) is 63.7 cm³/mol. The van der Waals surface area contributed by atoms with Crippen molar-refractivity contribution in [2.45, 2.75) is 12.5 Å². The zero-order valence-electron chi connectivity index (χ0n) is 9.82. The topological polar surface area (TPSA) is 77.8 Å². The Hall–Kier alpha value is -1.88. The minimum atomic E-state index is -1.21. The summed E-state index contributed by atoms with van der Waals surface area (Å²) in [5.41, 5.74) is 0.529. The summed E-state index contributed by atoms with van der Waals surface area (Å²) in [6.07, 6.45) is -0.762. The molecular formula is C13H15NO4. The van der Waals surface area contributed by atoms with Gasteiger partial charge in [0.05, 0.1) is 5.92 Å². The number of hydrogen-bond donors (Lipinski definition) is 2. The average Bonchev–Trinajstić information content (AvgIpc) is 2.88. The number of nitrogens with zero attached hydrogens (tertiary/aromatic N) is 1. The molecule has 2 rings (SSSR count). The van der Waals surface area contributed by atoms with Gasteiger partial charge in [-0.2, -0.15) is 0 Å². The van der Waals surface area contributed by atoms with Gasteiger partial charge in [-0.25, -0.2) is 0 Å². The molecule has 2 unspecified atom stereocenters. The maximum Gasteiger partial charge on any atom is 0.308 e. The van der Waals surface area contributed by atoms with Crippen molar-refractivity contribution < 1.29 is 19.8 Å². The largest absolute Gasteiger partial charge is 0.481 e. The fourth-order valence-electron chi connectivity index (χ4n) is 2.11. The van der Waals surface area contributed by atoms with Crippen LogP contribution in [0.2, 0.25) is 0 Å². The minimum Gasteiger partial charge on any atom is -0.481 e. The van der Waals surface area contributed by atoms with Gasteiger partial charge in [0, 0.05) is 13.1 Å². The fourth-order valence-corrected chi connectivity index (χ4v) is 2.11. The number of rotatable bonds is 3. The number of carboxylic acids is 1. The number of likely N-dealkylation sites (tertiary alicyclic amines) is 1. The van der Waals surface area contributed by atoms with Gasteiger partial charge in [-0.3, -0.25) is 9.59 Å². The Labute approximate surface area is 105 Å². The van der Waals surface area contributed by atoms with E-state index in [0.717, 1.165) is 0 Å².